The van der Waals surface area contributed by atoms with Crippen LogP contribution < -0.4 is 5.73 Å². The molecule has 6 nitrogen and oxygen atoms in total. The minimum absolute atomic E-state index is 0.175. The first-order valence-corrected chi connectivity index (χ1v) is 10.7. The van der Waals surface area contributed by atoms with E-state index in [0.717, 1.165) is 49.8 Å². The molecular formula is C18H24N4O2S. The first-order valence-electron chi connectivity index (χ1n) is 9.14. The van der Waals surface area contributed by atoms with Crippen LogP contribution in [0.15, 0.2) is 17.3 Å². The Morgan fingerprint density at radius 2 is 1.88 bits per heavy atom. The number of anilines is 1. The Morgan fingerprint density at radius 1 is 1.08 bits per heavy atom. The van der Waals surface area contributed by atoms with Crippen LogP contribution in [0.25, 0.3) is 16.6 Å². The van der Waals surface area contributed by atoms with Gasteiger partial charge in [-0.1, -0.05) is 25.3 Å². The summed E-state index contributed by atoms with van der Waals surface area (Å²) in [4.78, 5) is 12.0. The van der Waals surface area contributed by atoms with Crippen LogP contribution in [-0.4, -0.2) is 28.6 Å². The Bertz CT molecular complexity index is 924. The van der Waals surface area contributed by atoms with Crippen LogP contribution in [-0.2, 0) is 9.84 Å². The molecule has 0 aromatic carbocycles. The Kier molecular flexibility index (Phi) is 4.27. The molecule has 1 fully saturated rings. The van der Waals surface area contributed by atoms with Crippen LogP contribution in [0.2, 0.25) is 0 Å². The molecule has 3 N–H and O–H groups in total. The standard InChI is InChI=1S/C18H24N4O2S/c19-18-17(25(23,24)13-9-5-2-6-10-13)16-15(22-18)14(20-11-21-16)12-7-3-1-4-8-12/h7,11,13,22H,1-6,8-10,19H2. The topological polar surface area (TPSA) is 102 Å². The predicted molar refractivity (Wildman–Crippen MR) is 98.8 cm³/mol. The summed E-state index contributed by atoms with van der Waals surface area (Å²) in [6, 6.07) is 0. The van der Waals surface area contributed by atoms with Gasteiger partial charge in [0.2, 0.25) is 0 Å². The van der Waals surface area contributed by atoms with Crippen LogP contribution in [0, 0.1) is 0 Å². The monoisotopic (exact) mass is 360 g/mol. The Morgan fingerprint density at radius 3 is 2.60 bits per heavy atom. The zero-order valence-electron chi connectivity index (χ0n) is 14.3. The summed E-state index contributed by atoms with van der Waals surface area (Å²) in [6.07, 6.45) is 12.4. The zero-order valence-corrected chi connectivity index (χ0v) is 15.1. The quantitative estimate of drug-likeness (QED) is 0.870. The van der Waals surface area contributed by atoms with Crippen molar-refractivity contribution in [2.45, 2.75) is 67.9 Å². The smallest absolute Gasteiger partial charge is 0.187 e. The van der Waals surface area contributed by atoms with Gasteiger partial charge in [-0.2, -0.15) is 0 Å². The second-order valence-corrected chi connectivity index (χ2v) is 9.26. The van der Waals surface area contributed by atoms with Gasteiger partial charge in [0.05, 0.1) is 16.5 Å². The van der Waals surface area contributed by atoms with Gasteiger partial charge >= 0.3 is 0 Å². The molecule has 2 aliphatic rings. The van der Waals surface area contributed by atoms with Gasteiger partial charge in [0.1, 0.15) is 22.6 Å². The summed E-state index contributed by atoms with van der Waals surface area (Å²) < 4.78 is 26.4. The summed E-state index contributed by atoms with van der Waals surface area (Å²) >= 11 is 0. The largest absolute Gasteiger partial charge is 0.384 e. The Labute approximate surface area is 147 Å². The van der Waals surface area contributed by atoms with Crippen molar-refractivity contribution in [3.63, 3.8) is 0 Å². The number of allylic oxidation sites excluding steroid dienone is 2. The molecule has 134 valence electrons. The van der Waals surface area contributed by atoms with Crippen molar-refractivity contribution in [2.24, 2.45) is 0 Å². The summed E-state index contributed by atoms with van der Waals surface area (Å²) in [5.74, 6) is 0.193. The maximum atomic E-state index is 13.2. The van der Waals surface area contributed by atoms with E-state index in [1.54, 1.807) is 0 Å². The van der Waals surface area contributed by atoms with Crippen LogP contribution >= 0.6 is 0 Å². The van der Waals surface area contributed by atoms with Crippen LogP contribution in [0.5, 0.6) is 0 Å². The lowest BCUT2D eigenvalue weighted by Crippen LogP contribution is -2.24. The number of aromatic nitrogens is 3. The van der Waals surface area contributed by atoms with E-state index >= 15 is 0 Å². The second-order valence-electron chi connectivity index (χ2n) is 7.09. The number of nitrogens with one attached hydrogen (secondary N) is 1. The van der Waals surface area contributed by atoms with E-state index in [1.807, 2.05) is 0 Å². The molecule has 2 aliphatic carbocycles. The number of nitrogen functional groups attached to an aromatic ring is 1. The molecule has 2 aromatic rings. The normalized spacial score (nSPS) is 19.9. The van der Waals surface area contributed by atoms with Gasteiger partial charge in [-0.15, -0.1) is 0 Å². The molecule has 25 heavy (non-hydrogen) atoms. The Balaban J connectivity index is 1.85. The van der Waals surface area contributed by atoms with Crippen molar-refractivity contribution in [3.8, 4) is 0 Å². The fraction of sp³-hybridized carbons (Fsp3) is 0.556. The van der Waals surface area contributed by atoms with Gasteiger partial charge < -0.3 is 10.7 Å². The van der Waals surface area contributed by atoms with Crippen molar-refractivity contribution < 1.29 is 8.42 Å². The van der Waals surface area contributed by atoms with Crippen molar-refractivity contribution >= 4 is 32.3 Å². The fourth-order valence-electron chi connectivity index (χ4n) is 4.12. The maximum absolute atomic E-state index is 13.2. The molecule has 0 bridgehead atoms. The molecule has 4 rings (SSSR count). The van der Waals surface area contributed by atoms with Crippen LogP contribution in [0.1, 0.15) is 63.5 Å². The minimum atomic E-state index is -3.49. The number of hydrogen-bond donors (Lipinski definition) is 2. The molecule has 1 saturated carbocycles. The summed E-state index contributed by atoms with van der Waals surface area (Å²) in [5.41, 5.74) is 9.17. The van der Waals surface area contributed by atoms with Gasteiger partial charge in [-0.25, -0.2) is 18.4 Å². The average molecular weight is 360 g/mol. The third kappa shape index (κ3) is 2.84. The highest BCUT2D eigenvalue weighted by molar-refractivity contribution is 7.92. The molecule has 7 heteroatoms. The fourth-order valence-corrected chi connectivity index (χ4v) is 6.19. The highest BCUT2D eigenvalue weighted by Crippen LogP contribution is 2.37. The van der Waals surface area contributed by atoms with E-state index in [1.165, 1.54) is 12.7 Å². The molecule has 0 unspecified atom stereocenters. The maximum Gasteiger partial charge on any atom is 0.187 e. The molecule has 2 aromatic heterocycles. The molecular weight excluding hydrogens is 336 g/mol. The van der Waals surface area contributed by atoms with Gasteiger partial charge in [0, 0.05) is 0 Å². The van der Waals surface area contributed by atoms with E-state index in [4.69, 9.17) is 5.73 Å². The average Bonchev–Trinajstić information content (AvgIpc) is 2.99. The third-order valence-corrected chi connectivity index (χ3v) is 7.77. The van der Waals surface area contributed by atoms with E-state index in [2.05, 4.69) is 21.0 Å². The molecule has 0 atom stereocenters. The van der Waals surface area contributed by atoms with Gasteiger partial charge in [-0.3, -0.25) is 0 Å². The predicted octanol–water partition coefficient (Wildman–Crippen LogP) is 3.60. The highest BCUT2D eigenvalue weighted by Gasteiger charge is 2.34. The number of nitrogens with zero attached hydrogens (tertiary/aromatic N) is 2. The number of rotatable bonds is 3. The molecule has 0 amide bonds. The van der Waals surface area contributed by atoms with Gasteiger partial charge in [0.15, 0.2) is 9.84 Å². The van der Waals surface area contributed by atoms with Crippen LogP contribution in [0.4, 0.5) is 5.82 Å². The number of sulfone groups is 1. The molecule has 0 aliphatic heterocycles. The van der Waals surface area contributed by atoms with Gasteiger partial charge in [-0.05, 0) is 44.1 Å². The summed E-state index contributed by atoms with van der Waals surface area (Å²) in [7, 11) is -3.49. The van der Waals surface area contributed by atoms with Crippen molar-refractivity contribution in [3.05, 3.63) is 18.1 Å². The SMILES string of the molecule is Nc1[nH]c2c(C3=CCCCC3)ncnc2c1S(=O)(=O)C1CCCCC1. The zero-order chi connectivity index (χ0) is 17.4. The summed E-state index contributed by atoms with van der Waals surface area (Å²) in [5, 5.41) is -0.352. The van der Waals surface area contributed by atoms with E-state index in [-0.39, 0.29) is 16.0 Å². The van der Waals surface area contributed by atoms with Crippen LogP contribution in [0.3, 0.4) is 0 Å². The lowest BCUT2D eigenvalue weighted by atomic mass is 9.96. The van der Waals surface area contributed by atoms with E-state index in [9.17, 15) is 8.42 Å². The van der Waals surface area contributed by atoms with Crippen molar-refractivity contribution in [1.29, 1.82) is 0 Å². The second kappa shape index (κ2) is 6.44. The lowest BCUT2D eigenvalue weighted by molar-refractivity contribution is 0.484. The van der Waals surface area contributed by atoms with E-state index in [0.29, 0.717) is 23.9 Å². The van der Waals surface area contributed by atoms with Crippen molar-refractivity contribution in [1.82, 2.24) is 15.0 Å². The molecule has 0 radical (unpaired) electrons. The summed E-state index contributed by atoms with van der Waals surface area (Å²) in [6.45, 7) is 0. The number of fused-ring (bicyclic) bond motifs is 1. The molecule has 0 saturated heterocycles. The van der Waals surface area contributed by atoms with E-state index < -0.39 is 9.84 Å². The number of aromatic amines is 1. The molecule has 2 heterocycles. The minimum Gasteiger partial charge on any atom is -0.384 e. The molecule has 0 spiro atoms. The number of hydrogen-bond acceptors (Lipinski definition) is 5. The number of H-pyrrole nitrogens is 1. The Hall–Kier alpha value is -1.89. The number of nitrogens with two attached hydrogens (primary N) is 1. The first kappa shape index (κ1) is 16.6. The third-order valence-electron chi connectivity index (χ3n) is 5.44. The van der Waals surface area contributed by atoms with Gasteiger partial charge in [0.25, 0.3) is 0 Å². The van der Waals surface area contributed by atoms with Crippen molar-refractivity contribution in [2.75, 3.05) is 5.73 Å². The lowest BCUT2D eigenvalue weighted by Gasteiger charge is -2.21. The highest BCUT2D eigenvalue weighted by atomic mass is 32.2. The first-order chi connectivity index (χ1) is 12.1.